The zero-order chi connectivity index (χ0) is 17.2. The van der Waals surface area contributed by atoms with Gasteiger partial charge in [0.1, 0.15) is 18.2 Å². The van der Waals surface area contributed by atoms with Crippen LogP contribution in [0.25, 0.3) is 11.2 Å². The third-order valence-electron chi connectivity index (χ3n) is 4.05. The van der Waals surface area contributed by atoms with Crippen molar-refractivity contribution in [2.24, 2.45) is 0 Å². The highest BCUT2D eigenvalue weighted by atomic mass is 16.7. The van der Waals surface area contributed by atoms with Crippen LogP contribution in [0, 0.1) is 6.92 Å². The van der Waals surface area contributed by atoms with Gasteiger partial charge in [0.05, 0.1) is 19.4 Å². The lowest BCUT2D eigenvalue weighted by Gasteiger charge is -2.32. The van der Waals surface area contributed by atoms with E-state index in [1.54, 1.807) is 29.3 Å². The Kier molecular flexibility index (Phi) is 4.06. The third-order valence-corrected chi connectivity index (χ3v) is 4.05. The number of hydrogen-bond donors (Lipinski definition) is 0. The molecule has 9 nitrogen and oxygen atoms in total. The van der Waals surface area contributed by atoms with Crippen LogP contribution < -0.4 is 4.84 Å². The number of morpholine rings is 1. The molecule has 25 heavy (non-hydrogen) atoms. The fourth-order valence-corrected chi connectivity index (χ4v) is 2.73. The van der Waals surface area contributed by atoms with Gasteiger partial charge in [-0.3, -0.25) is 4.79 Å². The SMILES string of the molecule is Cc1ccoc1C(=O)N1CCOC(COn2nnc3cccnc32)C1. The van der Waals surface area contributed by atoms with Crippen LogP contribution >= 0.6 is 0 Å². The summed E-state index contributed by atoms with van der Waals surface area (Å²) >= 11 is 0. The van der Waals surface area contributed by atoms with Gasteiger partial charge in [-0.2, -0.15) is 0 Å². The number of rotatable bonds is 4. The number of pyridine rings is 1. The van der Waals surface area contributed by atoms with Gasteiger partial charge in [0.25, 0.3) is 5.91 Å². The summed E-state index contributed by atoms with van der Waals surface area (Å²) in [5.41, 5.74) is 2.01. The van der Waals surface area contributed by atoms with Crippen LogP contribution in [-0.4, -0.2) is 63.4 Å². The Labute approximate surface area is 143 Å². The predicted octanol–water partition coefficient (Wildman–Crippen LogP) is 0.698. The zero-order valence-corrected chi connectivity index (χ0v) is 13.7. The zero-order valence-electron chi connectivity index (χ0n) is 13.7. The molecule has 4 rings (SSSR count). The van der Waals surface area contributed by atoms with E-state index < -0.39 is 0 Å². The predicted molar refractivity (Wildman–Crippen MR) is 85.9 cm³/mol. The molecule has 0 bridgehead atoms. The maximum atomic E-state index is 12.5. The van der Waals surface area contributed by atoms with Crippen molar-refractivity contribution in [3.8, 4) is 0 Å². The third kappa shape index (κ3) is 3.05. The Hall–Kier alpha value is -2.94. The number of amides is 1. The largest absolute Gasteiger partial charge is 0.459 e. The summed E-state index contributed by atoms with van der Waals surface area (Å²) < 4.78 is 11.0. The van der Waals surface area contributed by atoms with Crippen LogP contribution in [0.4, 0.5) is 0 Å². The molecule has 1 atom stereocenters. The highest BCUT2D eigenvalue weighted by Gasteiger charge is 2.28. The van der Waals surface area contributed by atoms with Gasteiger partial charge in [-0.25, -0.2) is 4.98 Å². The van der Waals surface area contributed by atoms with Crippen molar-refractivity contribution in [2.75, 3.05) is 26.3 Å². The maximum Gasteiger partial charge on any atom is 0.289 e. The average molecular weight is 343 g/mol. The molecule has 1 aliphatic heterocycles. The van der Waals surface area contributed by atoms with Crippen molar-refractivity contribution in [3.05, 3.63) is 42.0 Å². The molecule has 3 aromatic heterocycles. The highest BCUT2D eigenvalue weighted by Crippen LogP contribution is 2.15. The molecule has 4 heterocycles. The van der Waals surface area contributed by atoms with Crippen molar-refractivity contribution in [2.45, 2.75) is 13.0 Å². The molecule has 3 aromatic rings. The van der Waals surface area contributed by atoms with E-state index in [0.29, 0.717) is 36.6 Å². The second-order valence-corrected chi connectivity index (χ2v) is 5.78. The Balaban J connectivity index is 1.40. The number of aromatic nitrogens is 4. The second kappa shape index (κ2) is 6.52. The summed E-state index contributed by atoms with van der Waals surface area (Å²) in [5.74, 6) is 0.233. The molecule has 1 saturated heterocycles. The standard InChI is InChI=1S/C16H17N5O4/c1-11-4-7-24-14(11)16(22)20-6-8-23-12(9-20)10-25-21-15-13(18-19-21)3-2-5-17-15/h2-5,7,12H,6,8-10H2,1H3. The van der Waals surface area contributed by atoms with Crippen molar-refractivity contribution in [1.29, 1.82) is 0 Å². The number of furan rings is 1. The van der Waals surface area contributed by atoms with E-state index >= 15 is 0 Å². The molecule has 0 saturated carbocycles. The van der Waals surface area contributed by atoms with Gasteiger partial charge < -0.3 is 18.9 Å². The number of fused-ring (bicyclic) bond motifs is 1. The highest BCUT2D eigenvalue weighted by molar-refractivity contribution is 5.92. The molecule has 0 N–H and O–H groups in total. The molecular weight excluding hydrogens is 326 g/mol. The molecular formula is C16H17N5O4. The summed E-state index contributed by atoms with van der Waals surface area (Å²) in [5, 5.41) is 7.89. The van der Waals surface area contributed by atoms with Crippen LogP contribution in [0.15, 0.2) is 35.1 Å². The van der Waals surface area contributed by atoms with Gasteiger partial charge >= 0.3 is 0 Å². The Morgan fingerprint density at radius 2 is 2.36 bits per heavy atom. The molecule has 0 aromatic carbocycles. The first-order valence-corrected chi connectivity index (χ1v) is 7.97. The first kappa shape index (κ1) is 15.6. The van der Waals surface area contributed by atoms with E-state index in [2.05, 4.69) is 15.3 Å². The normalized spacial score (nSPS) is 17.8. The Morgan fingerprint density at radius 1 is 1.44 bits per heavy atom. The van der Waals surface area contributed by atoms with Crippen molar-refractivity contribution in [3.63, 3.8) is 0 Å². The molecule has 0 radical (unpaired) electrons. The average Bonchev–Trinajstić information content (AvgIpc) is 3.26. The van der Waals surface area contributed by atoms with E-state index in [-0.39, 0.29) is 18.6 Å². The smallest absolute Gasteiger partial charge is 0.289 e. The van der Waals surface area contributed by atoms with E-state index in [1.807, 2.05) is 6.92 Å². The van der Waals surface area contributed by atoms with Crippen molar-refractivity contribution < 1.29 is 18.8 Å². The molecule has 0 aliphatic carbocycles. The van der Waals surface area contributed by atoms with E-state index in [0.717, 1.165) is 5.56 Å². The van der Waals surface area contributed by atoms with E-state index in [1.165, 1.54) is 11.1 Å². The van der Waals surface area contributed by atoms with Crippen molar-refractivity contribution in [1.82, 2.24) is 25.0 Å². The monoisotopic (exact) mass is 343 g/mol. The topological polar surface area (TPSA) is 95.5 Å². The summed E-state index contributed by atoms with van der Waals surface area (Å²) in [7, 11) is 0. The molecule has 9 heteroatoms. The Morgan fingerprint density at radius 3 is 3.20 bits per heavy atom. The minimum absolute atomic E-state index is 0.135. The lowest BCUT2D eigenvalue weighted by atomic mass is 10.2. The van der Waals surface area contributed by atoms with Gasteiger partial charge in [-0.1, -0.05) is 4.85 Å². The summed E-state index contributed by atoms with van der Waals surface area (Å²) in [6, 6.07) is 5.36. The fraction of sp³-hybridized carbons (Fsp3) is 0.375. The van der Waals surface area contributed by atoms with Gasteiger partial charge in [0.15, 0.2) is 5.76 Å². The van der Waals surface area contributed by atoms with Gasteiger partial charge in [0.2, 0.25) is 5.65 Å². The number of carbonyl (C=O) groups excluding carboxylic acids is 1. The first-order valence-electron chi connectivity index (χ1n) is 7.97. The van der Waals surface area contributed by atoms with Gasteiger partial charge in [-0.15, -0.1) is 5.10 Å². The number of ether oxygens (including phenoxy) is 1. The van der Waals surface area contributed by atoms with Crippen LogP contribution in [0.3, 0.4) is 0 Å². The molecule has 1 fully saturated rings. The molecule has 1 aliphatic rings. The van der Waals surface area contributed by atoms with Crippen LogP contribution in [0.2, 0.25) is 0 Å². The second-order valence-electron chi connectivity index (χ2n) is 5.78. The summed E-state index contributed by atoms with van der Waals surface area (Å²) in [6.07, 6.45) is 2.90. The van der Waals surface area contributed by atoms with Gasteiger partial charge in [-0.05, 0) is 30.3 Å². The maximum absolute atomic E-state index is 12.5. The van der Waals surface area contributed by atoms with Crippen LogP contribution in [0.5, 0.6) is 0 Å². The minimum atomic E-state index is -0.268. The molecule has 1 unspecified atom stereocenters. The molecule has 0 spiro atoms. The van der Waals surface area contributed by atoms with Gasteiger partial charge in [0, 0.05) is 18.3 Å². The van der Waals surface area contributed by atoms with E-state index in [9.17, 15) is 4.79 Å². The van der Waals surface area contributed by atoms with Crippen LogP contribution in [0.1, 0.15) is 16.1 Å². The lowest BCUT2D eigenvalue weighted by Crippen LogP contribution is -2.48. The number of aryl methyl sites for hydroxylation is 1. The lowest BCUT2D eigenvalue weighted by molar-refractivity contribution is -0.0684. The first-order chi connectivity index (χ1) is 12.2. The van der Waals surface area contributed by atoms with E-state index in [4.69, 9.17) is 14.0 Å². The minimum Gasteiger partial charge on any atom is -0.459 e. The summed E-state index contributed by atoms with van der Waals surface area (Å²) in [4.78, 5) is 25.3. The fourth-order valence-electron chi connectivity index (χ4n) is 2.73. The van der Waals surface area contributed by atoms with Crippen LogP contribution in [-0.2, 0) is 4.74 Å². The molecule has 130 valence electrons. The molecule has 1 amide bonds. The Bertz CT molecular complexity index is 889. The number of hydrogen-bond acceptors (Lipinski definition) is 7. The number of nitrogens with zero attached hydrogens (tertiary/aromatic N) is 5. The summed E-state index contributed by atoms with van der Waals surface area (Å²) in [6.45, 7) is 3.45. The van der Waals surface area contributed by atoms with Crippen molar-refractivity contribution >= 4 is 17.1 Å². The number of carbonyl (C=O) groups is 1. The quantitative estimate of drug-likeness (QED) is 0.688.